The number of carboxylic acids is 2. The van der Waals surface area contributed by atoms with E-state index in [0.717, 1.165) is 6.42 Å². The molecule has 0 heterocycles. The van der Waals surface area contributed by atoms with Gasteiger partial charge in [0.2, 0.25) is 0 Å². The van der Waals surface area contributed by atoms with Gasteiger partial charge in [-0.25, -0.2) is 0 Å². The maximum atomic E-state index is 10.6. The molecule has 0 aliphatic rings. The van der Waals surface area contributed by atoms with Crippen molar-refractivity contribution in [2.45, 2.75) is 32.7 Å². The summed E-state index contributed by atoms with van der Waals surface area (Å²) in [7, 11) is 0. The SMILES string of the molecule is CCC(C)NCC(CC(=O)O)C(=O)O. The molecule has 0 aliphatic carbocycles. The Kier molecular flexibility index (Phi) is 5.87. The molecular weight excluding hydrogens is 186 g/mol. The maximum absolute atomic E-state index is 10.6. The second kappa shape index (κ2) is 6.37. The van der Waals surface area contributed by atoms with Crippen LogP contribution in [0.15, 0.2) is 0 Å². The maximum Gasteiger partial charge on any atom is 0.308 e. The van der Waals surface area contributed by atoms with E-state index in [1.807, 2.05) is 13.8 Å². The Hall–Kier alpha value is -1.10. The van der Waals surface area contributed by atoms with Gasteiger partial charge in [-0.15, -0.1) is 0 Å². The van der Waals surface area contributed by atoms with E-state index in [9.17, 15) is 9.59 Å². The summed E-state index contributed by atoms with van der Waals surface area (Å²) in [5, 5.41) is 20.1. The minimum atomic E-state index is -1.08. The van der Waals surface area contributed by atoms with Crippen LogP contribution in [0.2, 0.25) is 0 Å². The molecule has 3 N–H and O–H groups in total. The van der Waals surface area contributed by atoms with Gasteiger partial charge in [-0.2, -0.15) is 0 Å². The lowest BCUT2D eigenvalue weighted by Crippen LogP contribution is -2.35. The van der Waals surface area contributed by atoms with Gasteiger partial charge in [0.05, 0.1) is 12.3 Å². The summed E-state index contributed by atoms with van der Waals surface area (Å²) >= 11 is 0. The van der Waals surface area contributed by atoms with Gasteiger partial charge < -0.3 is 15.5 Å². The molecule has 0 amide bonds. The molecule has 0 aromatic heterocycles. The van der Waals surface area contributed by atoms with Crippen LogP contribution >= 0.6 is 0 Å². The monoisotopic (exact) mass is 203 g/mol. The lowest BCUT2D eigenvalue weighted by molar-refractivity contribution is -0.148. The Morgan fingerprint density at radius 3 is 2.29 bits per heavy atom. The summed E-state index contributed by atoms with van der Waals surface area (Å²) in [4.78, 5) is 21.0. The average molecular weight is 203 g/mol. The molecule has 0 spiro atoms. The number of carboxylic acid groups (broad SMARTS) is 2. The molecule has 0 aromatic carbocycles. The van der Waals surface area contributed by atoms with Crippen LogP contribution < -0.4 is 5.32 Å². The summed E-state index contributed by atoms with van der Waals surface area (Å²) in [5.74, 6) is -2.99. The van der Waals surface area contributed by atoms with E-state index in [1.165, 1.54) is 0 Å². The standard InChI is InChI=1S/C9H17NO4/c1-3-6(2)10-5-7(9(13)14)4-8(11)12/h6-7,10H,3-5H2,1-2H3,(H,11,12)(H,13,14). The number of hydrogen-bond acceptors (Lipinski definition) is 3. The van der Waals surface area contributed by atoms with E-state index in [4.69, 9.17) is 10.2 Å². The highest BCUT2D eigenvalue weighted by Crippen LogP contribution is 2.03. The zero-order chi connectivity index (χ0) is 11.1. The highest BCUT2D eigenvalue weighted by atomic mass is 16.4. The van der Waals surface area contributed by atoms with Gasteiger partial charge in [0.15, 0.2) is 0 Å². The van der Waals surface area contributed by atoms with E-state index < -0.39 is 17.9 Å². The Balaban J connectivity index is 3.97. The van der Waals surface area contributed by atoms with Gasteiger partial charge in [-0.1, -0.05) is 6.92 Å². The predicted molar refractivity (Wildman–Crippen MR) is 51.1 cm³/mol. The van der Waals surface area contributed by atoms with Crippen molar-refractivity contribution in [1.29, 1.82) is 0 Å². The van der Waals surface area contributed by atoms with Gasteiger partial charge in [0, 0.05) is 12.6 Å². The van der Waals surface area contributed by atoms with E-state index in [-0.39, 0.29) is 19.0 Å². The first-order valence-corrected chi connectivity index (χ1v) is 4.65. The van der Waals surface area contributed by atoms with Crippen molar-refractivity contribution in [3.8, 4) is 0 Å². The van der Waals surface area contributed by atoms with Gasteiger partial charge in [-0.3, -0.25) is 9.59 Å². The molecule has 0 saturated heterocycles. The minimum absolute atomic E-state index is 0.205. The number of nitrogens with one attached hydrogen (secondary N) is 1. The van der Waals surface area contributed by atoms with Crippen molar-refractivity contribution in [3.05, 3.63) is 0 Å². The van der Waals surface area contributed by atoms with Crippen molar-refractivity contribution in [3.63, 3.8) is 0 Å². The Morgan fingerprint density at radius 2 is 1.93 bits per heavy atom. The highest BCUT2D eigenvalue weighted by molar-refractivity contribution is 5.77. The molecule has 0 aromatic rings. The number of rotatable bonds is 7. The third kappa shape index (κ3) is 5.53. The van der Waals surface area contributed by atoms with Gasteiger partial charge in [0.1, 0.15) is 0 Å². The van der Waals surface area contributed by atoms with E-state index in [1.54, 1.807) is 0 Å². The van der Waals surface area contributed by atoms with Crippen molar-refractivity contribution in [2.75, 3.05) is 6.54 Å². The van der Waals surface area contributed by atoms with E-state index in [0.29, 0.717) is 0 Å². The smallest absolute Gasteiger partial charge is 0.308 e. The van der Waals surface area contributed by atoms with Gasteiger partial charge in [-0.05, 0) is 13.3 Å². The minimum Gasteiger partial charge on any atom is -0.481 e. The van der Waals surface area contributed by atoms with Crippen molar-refractivity contribution < 1.29 is 19.8 Å². The Labute approximate surface area is 83.1 Å². The molecule has 0 bridgehead atoms. The molecule has 82 valence electrons. The molecule has 0 radical (unpaired) electrons. The molecule has 14 heavy (non-hydrogen) atoms. The zero-order valence-corrected chi connectivity index (χ0v) is 8.49. The molecule has 2 unspecified atom stereocenters. The molecule has 2 atom stereocenters. The van der Waals surface area contributed by atoms with Gasteiger partial charge >= 0.3 is 11.9 Å². The van der Waals surface area contributed by atoms with Crippen molar-refractivity contribution >= 4 is 11.9 Å². The fraction of sp³-hybridized carbons (Fsp3) is 0.778. The van der Waals surface area contributed by atoms with Crippen LogP contribution in [0.4, 0.5) is 0 Å². The molecule has 5 heteroatoms. The summed E-state index contributed by atoms with van der Waals surface area (Å²) in [6, 6.07) is 0.214. The Bertz CT molecular complexity index is 205. The van der Waals surface area contributed by atoms with Crippen LogP contribution in [0.1, 0.15) is 26.7 Å². The topological polar surface area (TPSA) is 86.6 Å². The first kappa shape index (κ1) is 12.9. The summed E-state index contributed by atoms with van der Waals surface area (Å²) < 4.78 is 0. The van der Waals surface area contributed by atoms with Crippen molar-refractivity contribution in [2.24, 2.45) is 5.92 Å². The second-order valence-electron chi connectivity index (χ2n) is 3.35. The summed E-state index contributed by atoms with van der Waals surface area (Å²) in [6.07, 6.45) is 0.554. The van der Waals surface area contributed by atoms with Gasteiger partial charge in [0.25, 0.3) is 0 Å². The quantitative estimate of drug-likeness (QED) is 0.562. The van der Waals surface area contributed by atoms with Crippen LogP contribution in [0.25, 0.3) is 0 Å². The lowest BCUT2D eigenvalue weighted by Gasteiger charge is -2.15. The van der Waals surface area contributed by atoms with E-state index in [2.05, 4.69) is 5.32 Å². The largest absolute Gasteiger partial charge is 0.481 e. The van der Waals surface area contributed by atoms with Crippen LogP contribution in [-0.4, -0.2) is 34.7 Å². The average Bonchev–Trinajstić information content (AvgIpc) is 2.10. The first-order valence-electron chi connectivity index (χ1n) is 4.65. The molecular formula is C9H17NO4. The first-order chi connectivity index (χ1) is 6.47. The molecule has 0 aliphatic heterocycles. The third-order valence-corrected chi connectivity index (χ3v) is 2.10. The Morgan fingerprint density at radius 1 is 1.36 bits per heavy atom. The lowest BCUT2D eigenvalue weighted by atomic mass is 10.1. The molecule has 5 nitrogen and oxygen atoms in total. The van der Waals surface area contributed by atoms with Crippen molar-refractivity contribution in [1.82, 2.24) is 5.32 Å². The highest BCUT2D eigenvalue weighted by Gasteiger charge is 2.20. The van der Waals surface area contributed by atoms with Crippen LogP contribution in [-0.2, 0) is 9.59 Å². The molecule has 0 rings (SSSR count). The number of carbonyl (C=O) groups is 2. The number of aliphatic carboxylic acids is 2. The fourth-order valence-electron chi connectivity index (χ4n) is 0.945. The fourth-order valence-corrected chi connectivity index (χ4v) is 0.945. The number of hydrogen-bond donors (Lipinski definition) is 3. The van der Waals surface area contributed by atoms with Crippen LogP contribution in [0, 0.1) is 5.92 Å². The summed E-state index contributed by atoms with van der Waals surface area (Å²) in [5.41, 5.74) is 0. The van der Waals surface area contributed by atoms with E-state index >= 15 is 0 Å². The van der Waals surface area contributed by atoms with Crippen LogP contribution in [0.3, 0.4) is 0 Å². The molecule has 0 saturated carbocycles. The van der Waals surface area contributed by atoms with Crippen LogP contribution in [0.5, 0.6) is 0 Å². The zero-order valence-electron chi connectivity index (χ0n) is 8.49. The second-order valence-corrected chi connectivity index (χ2v) is 3.35. The third-order valence-electron chi connectivity index (χ3n) is 2.10. The normalized spacial score (nSPS) is 14.7. The molecule has 0 fully saturated rings. The summed E-state index contributed by atoms with van der Waals surface area (Å²) in [6.45, 7) is 4.11. The predicted octanol–water partition coefficient (Wildman–Crippen LogP) is 0.550.